The van der Waals surface area contributed by atoms with E-state index >= 15 is 0 Å². The van der Waals surface area contributed by atoms with Crippen LogP contribution in [0.4, 0.5) is 0 Å². The van der Waals surface area contributed by atoms with Gasteiger partial charge in [0.1, 0.15) is 0 Å². The van der Waals surface area contributed by atoms with Gasteiger partial charge in [0.2, 0.25) is 0 Å². The van der Waals surface area contributed by atoms with Crippen LogP contribution in [-0.2, 0) is 32.4 Å². The van der Waals surface area contributed by atoms with Gasteiger partial charge in [0.15, 0.2) is 0 Å². The molecule has 3 aliphatic heterocycles. The first-order valence-electron chi connectivity index (χ1n) is 10.7. The first kappa shape index (κ1) is 28.6. The molecule has 1 aromatic heterocycles. The summed E-state index contributed by atoms with van der Waals surface area (Å²) in [6, 6.07) is 4.21. The van der Waals surface area contributed by atoms with E-state index in [-0.39, 0.29) is 23.9 Å². The van der Waals surface area contributed by atoms with Crippen molar-refractivity contribution in [2.75, 3.05) is 13.1 Å². The summed E-state index contributed by atoms with van der Waals surface area (Å²) in [6.07, 6.45) is 20.2. The summed E-state index contributed by atoms with van der Waals surface area (Å²) >= 11 is 10.6. The number of nitrogens with zero attached hydrogens (tertiary/aromatic N) is 4. The van der Waals surface area contributed by atoms with Crippen LogP contribution in [-0.4, -0.2) is 43.6 Å². The molecular formula is C24H21Cl2N4O4SV-. The molecular weight excluding hydrogens is 562 g/mol. The molecule has 4 heterocycles. The van der Waals surface area contributed by atoms with Crippen molar-refractivity contribution in [3.05, 3.63) is 105 Å². The number of rotatable bonds is 0. The van der Waals surface area contributed by atoms with Crippen LogP contribution in [0.3, 0.4) is 0 Å². The fraction of sp³-hybridized carbons (Fsp3) is 0.250. The third-order valence-corrected chi connectivity index (χ3v) is 6.34. The molecule has 8 nitrogen and oxygen atoms in total. The number of aliphatic imine (C=N–C) groups is 1. The Labute approximate surface area is 231 Å². The van der Waals surface area contributed by atoms with Gasteiger partial charge in [-0.3, -0.25) is 9.98 Å². The van der Waals surface area contributed by atoms with Crippen molar-refractivity contribution in [2.45, 2.75) is 12.1 Å². The number of halogens is 2. The van der Waals surface area contributed by atoms with Gasteiger partial charge in [-0.15, -0.1) is 30.9 Å². The van der Waals surface area contributed by atoms with Crippen LogP contribution in [0.1, 0.15) is 17.3 Å². The standard InChI is InChI=1S/2C12H10ClN2.H2O3S.O.V/c2*13-10-7-8-3-1-5-14-11(8)12-9(10)4-2-6-15-12;1-4(2)3;;/h1-4,6-8,11H,5H2;1-5,7-8,11H,6H2;(H2,1,2,3);;/q2*-1;;;+2/p-1. The molecule has 5 aliphatic rings. The topological polar surface area (TPSA) is 131 Å². The van der Waals surface area contributed by atoms with Crippen molar-refractivity contribution in [1.82, 2.24) is 4.98 Å². The van der Waals surface area contributed by atoms with E-state index in [9.17, 15) is 0 Å². The minimum absolute atomic E-state index is 0.137. The number of hydrogen-bond donors (Lipinski definition) is 1. The summed E-state index contributed by atoms with van der Waals surface area (Å²) in [5.41, 5.74) is 4.12. The molecule has 2 aliphatic carbocycles. The van der Waals surface area contributed by atoms with Crippen LogP contribution in [0.25, 0.3) is 15.7 Å². The average molecular weight is 583 g/mol. The first-order valence-corrected chi connectivity index (χ1v) is 13.1. The van der Waals surface area contributed by atoms with E-state index < -0.39 is 11.4 Å². The SMILES string of the molecule is ClC1=CC2C=CC=NC2C2=C1C=CC[N-]2.ClC1=CC2C=CC[N-]C2c2ncccc21.O=S([O-])O.[O]=[V+2]. The molecule has 0 saturated heterocycles. The maximum absolute atomic E-state index is 8.56. The van der Waals surface area contributed by atoms with Gasteiger partial charge in [-0.05, 0) is 23.6 Å². The van der Waals surface area contributed by atoms with Crippen LogP contribution in [0.15, 0.2) is 88.2 Å². The molecule has 0 spiro atoms. The van der Waals surface area contributed by atoms with E-state index in [2.05, 4.69) is 51.0 Å². The summed E-state index contributed by atoms with van der Waals surface area (Å²) in [5.74, 6) is 0.560. The van der Waals surface area contributed by atoms with Gasteiger partial charge in [0, 0.05) is 39.7 Å². The Morgan fingerprint density at radius 3 is 2.64 bits per heavy atom. The Morgan fingerprint density at radius 1 is 1.11 bits per heavy atom. The Kier molecular flexibility index (Phi) is 11.2. The minimum atomic E-state index is -2.86. The summed E-state index contributed by atoms with van der Waals surface area (Å²) in [6.45, 7) is 1.52. The quantitative estimate of drug-likeness (QED) is 0.321. The van der Waals surface area contributed by atoms with Gasteiger partial charge in [0.25, 0.3) is 0 Å². The van der Waals surface area contributed by atoms with Crippen LogP contribution in [0, 0.1) is 11.8 Å². The molecule has 0 aromatic carbocycles. The van der Waals surface area contributed by atoms with Gasteiger partial charge in [-0.1, -0.05) is 65.7 Å². The van der Waals surface area contributed by atoms with Gasteiger partial charge in [0.05, 0.1) is 17.4 Å². The Morgan fingerprint density at radius 2 is 1.86 bits per heavy atom. The summed E-state index contributed by atoms with van der Waals surface area (Å²) in [5, 5.41) is 10.7. The molecule has 5 atom stereocenters. The molecule has 0 bridgehead atoms. The molecule has 36 heavy (non-hydrogen) atoms. The Balaban J connectivity index is 0.000000166. The van der Waals surface area contributed by atoms with E-state index in [0.717, 1.165) is 63.1 Å². The number of aromatic nitrogens is 1. The third kappa shape index (κ3) is 7.08. The van der Waals surface area contributed by atoms with Crippen molar-refractivity contribution in [1.29, 1.82) is 0 Å². The third-order valence-electron chi connectivity index (χ3n) is 5.68. The molecule has 187 valence electrons. The fourth-order valence-corrected chi connectivity index (χ4v) is 4.89. The van der Waals surface area contributed by atoms with Crippen LogP contribution < -0.4 is 0 Å². The van der Waals surface area contributed by atoms with Crippen LogP contribution in [0.5, 0.6) is 0 Å². The molecule has 1 N–H and O–H groups in total. The number of hydrogen-bond acceptors (Lipinski definition) is 5. The predicted molar refractivity (Wildman–Crippen MR) is 137 cm³/mol. The van der Waals surface area contributed by atoms with E-state index in [4.69, 9.17) is 40.2 Å². The van der Waals surface area contributed by atoms with Gasteiger partial charge >= 0.3 is 21.0 Å². The number of fused-ring (bicyclic) bond motifs is 5. The molecule has 0 fully saturated rings. The predicted octanol–water partition coefficient (Wildman–Crippen LogP) is 5.44. The van der Waals surface area contributed by atoms with Crippen molar-refractivity contribution in [3.63, 3.8) is 0 Å². The zero-order valence-electron chi connectivity index (χ0n) is 18.7. The summed E-state index contributed by atoms with van der Waals surface area (Å²) < 4.78 is 32.3. The first-order chi connectivity index (χ1) is 17.5. The van der Waals surface area contributed by atoms with Gasteiger partial charge in [-0.2, -0.15) is 0 Å². The molecule has 6 rings (SSSR count). The van der Waals surface area contributed by atoms with Crippen molar-refractivity contribution in [3.8, 4) is 0 Å². The molecule has 0 saturated carbocycles. The Bertz CT molecular complexity index is 1190. The van der Waals surface area contributed by atoms with Gasteiger partial charge < -0.3 is 19.7 Å². The van der Waals surface area contributed by atoms with E-state index in [1.165, 1.54) is 0 Å². The van der Waals surface area contributed by atoms with E-state index in [1.807, 2.05) is 36.6 Å². The van der Waals surface area contributed by atoms with Crippen LogP contribution >= 0.6 is 23.2 Å². The zero-order valence-corrected chi connectivity index (χ0v) is 22.4. The normalized spacial score (nSPS) is 26.8. The summed E-state index contributed by atoms with van der Waals surface area (Å²) in [4.78, 5) is 8.87. The fourth-order valence-electron chi connectivity index (χ4n) is 4.28. The number of dihydropyridines is 1. The molecule has 5 unspecified atom stereocenters. The Hall–Kier alpha value is -1.95. The van der Waals surface area contributed by atoms with E-state index in [0.29, 0.717) is 0 Å². The molecule has 12 heteroatoms. The second kappa shape index (κ2) is 14.1. The average Bonchev–Trinajstić information content (AvgIpc) is 2.90. The summed E-state index contributed by atoms with van der Waals surface area (Å²) in [7, 11) is 0. The van der Waals surface area contributed by atoms with Crippen LogP contribution in [0.2, 0.25) is 0 Å². The molecule has 0 amide bonds. The van der Waals surface area contributed by atoms with E-state index in [1.54, 1.807) is 6.20 Å². The molecule has 0 radical (unpaired) electrons. The second-order valence-corrected chi connectivity index (χ2v) is 8.99. The van der Waals surface area contributed by atoms with Crippen molar-refractivity contribution >= 4 is 45.8 Å². The second-order valence-electron chi connectivity index (χ2n) is 7.75. The van der Waals surface area contributed by atoms with Crippen molar-refractivity contribution in [2.24, 2.45) is 16.8 Å². The molecule has 1 aromatic rings. The number of allylic oxidation sites excluding steroid dienone is 4. The van der Waals surface area contributed by atoms with Gasteiger partial charge in [-0.25, -0.2) is 4.21 Å². The maximum atomic E-state index is 8.56. The monoisotopic (exact) mass is 582 g/mol. The van der Waals surface area contributed by atoms with Crippen molar-refractivity contribution < 1.29 is 34.4 Å². The number of pyridine rings is 1. The zero-order chi connectivity index (χ0) is 26.1.